The molecule has 0 amide bonds. The number of piperazine rings is 1. The third-order valence-electron chi connectivity index (χ3n) is 5.84. The van der Waals surface area contributed by atoms with E-state index in [2.05, 4.69) is 27.8 Å². The summed E-state index contributed by atoms with van der Waals surface area (Å²) in [6.07, 6.45) is 2.81. The molecule has 1 fully saturated rings. The largest absolute Gasteiger partial charge is 0.492 e. The molecule has 0 radical (unpaired) electrons. The van der Waals surface area contributed by atoms with Gasteiger partial charge in [-0.3, -0.25) is 4.90 Å². The molecule has 0 spiro atoms. The van der Waals surface area contributed by atoms with Gasteiger partial charge in [-0.1, -0.05) is 42.5 Å². The summed E-state index contributed by atoms with van der Waals surface area (Å²) in [5.74, 6) is 0.343. The quantitative estimate of drug-likeness (QED) is 0.363. The van der Waals surface area contributed by atoms with E-state index in [1.165, 1.54) is 22.9 Å². The third kappa shape index (κ3) is 5.83. The van der Waals surface area contributed by atoms with Gasteiger partial charge in [-0.25, -0.2) is 13.2 Å². The predicted octanol–water partition coefficient (Wildman–Crippen LogP) is 3.41. The molecule has 0 N–H and O–H groups in total. The Morgan fingerprint density at radius 2 is 1.71 bits per heavy atom. The zero-order chi connectivity index (χ0) is 24.0. The molecule has 0 aliphatic carbocycles. The normalized spacial score (nSPS) is 15.6. The molecule has 7 nitrogen and oxygen atoms in total. The summed E-state index contributed by atoms with van der Waals surface area (Å²) in [7, 11) is -2.32. The monoisotopic (exact) mass is 480 g/mol. The van der Waals surface area contributed by atoms with Crippen LogP contribution in [0.3, 0.4) is 0 Å². The van der Waals surface area contributed by atoms with E-state index < -0.39 is 16.0 Å². The molecule has 34 heavy (non-hydrogen) atoms. The average Bonchev–Trinajstić information content (AvgIpc) is 2.87. The minimum absolute atomic E-state index is 0.215. The van der Waals surface area contributed by atoms with Crippen molar-refractivity contribution < 1.29 is 22.7 Å². The Morgan fingerprint density at radius 3 is 2.47 bits per heavy atom. The predicted molar refractivity (Wildman–Crippen MR) is 132 cm³/mol. The zero-order valence-corrected chi connectivity index (χ0v) is 19.9. The van der Waals surface area contributed by atoms with E-state index in [4.69, 9.17) is 4.74 Å². The summed E-state index contributed by atoms with van der Waals surface area (Å²) in [5.41, 5.74) is 0.621. The molecule has 1 heterocycles. The Hall–Kier alpha value is -3.20. The Bertz CT molecular complexity index is 1280. The second-order valence-electron chi connectivity index (χ2n) is 8.03. The van der Waals surface area contributed by atoms with Crippen LogP contribution in [-0.2, 0) is 19.6 Å². The van der Waals surface area contributed by atoms with E-state index >= 15 is 0 Å². The second kappa shape index (κ2) is 10.8. The van der Waals surface area contributed by atoms with Gasteiger partial charge in [0.25, 0.3) is 0 Å². The van der Waals surface area contributed by atoms with E-state index in [-0.39, 0.29) is 4.90 Å². The first-order valence-electron chi connectivity index (χ1n) is 11.2. The van der Waals surface area contributed by atoms with Crippen molar-refractivity contribution in [1.82, 2.24) is 9.21 Å². The molecule has 0 saturated carbocycles. The first-order valence-corrected chi connectivity index (χ1v) is 12.6. The number of methoxy groups -OCH3 is 1. The van der Waals surface area contributed by atoms with Gasteiger partial charge in [-0.2, -0.15) is 4.31 Å². The number of ether oxygens (including phenoxy) is 2. The highest BCUT2D eigenvalue weighted by Crippen LogP contribution is 2.21. The lowest BCUT2D eigenvalue weighted by molar-refractivity contribution is -0.134. The maximum Gasteiger partial charge on any atom is 0.330 e. The van der Waals surface area contributed by atoms with Crippen LogP contribution in [0.1, 0.15) is 5.56 Å². The van der Waals surface area contributed by atoms with Gasteiger partial charge in [0.05, 0.1) is 12.0 Å². The van der Waals surface area contributed by atoms with Crippen LogP contribution in [0.4, 0.5) is 0 Å². The summed E-state index contributed by atoms with van der Waals surface area (Å²) >= 11 is 0. The highest BCUT2D eigenvalue weighted by Gasteiger charge is 2.28. The van der Waals surface area contributed by atoms with Gasteiger partial charge in [0, 0.05) is 38.8 Å². The van der Waals surface area contributed by atoms with Crippen LogP contribution in [0.25, 0.3) is 16.8 Å². The zero-order valence-electron chi connectivity index (χ0n) is 19.1. The highest BCUT2D eigenvalue weighted by molar-refractivity contribution is 7.89. The topological polar surface area (TPSA) is 76.2 Å². The summed E-state index contributed by atoms with van der Waals surface area (Å²) in [6.45, 7) is 3.39. The van der Waals surface area contributed by atoms with Gasteiger partial charge >= 0.3 is 5.97 Å². The molecular weight excluding hydrogens is 452 g/mol. The lowest BCUT2D eigenvalue weighted by Gasteiger charge is -2.33. The Labute approximate surface area is 200 Å². The van der Waals surface area contributed by atoms with Crippen molar-refractivity contribution in [2.24, 2.45) is 0 Å². The van der Waals surface area contributed by atoms with Crippen LogP contribution in [0, 0.1) is 0 Å². The van der Waals surface area contributed by atoms with Crippen LogP contribution in [0.15, 0.2) is 77.7 Å². The average molecular weight is 481 g/mol. The van der Waals surface area contributed by atoms with Crippen LogP contribution in [0.5, 0.6) is 5.75 Å². The highest BCUT2D eigenvalue weighted by atomic mass is 32.2. The molecule has 1 aliphatic rings. The number of sulfonamides is 1. The molecule has 4 rings (SSSR count). The van der Waals surface area contributed by atoms with Gasteiger partial charge in [0.15, 0.2) is 0 Å². The number of rotatable bonds is 8. The maximum absolute atomic E-state index is 13.1. The number of carbonyl (C=O) groups excluding carboxylic acids is 1. The lowest BCUT2D eigenvalue weighted by atomic mass is 10.1. The fourth-order valence-electron chi connectivity index (χ4n) is 3.90. The smallest absolute Gasteiger partial charge is 0.330 e. The van der Waals surface area contributed by atoms with Gasteiger partial charge in [-0.05, 0) is 46.7 Å². The first-order chi connectivity index (χ1) is 16.5. The Morgan fingerprint density at radius 1 is 0.941 bits per heavy atom. The molecule has 0 unspecified atom stereocenters. The van der Waals surface area contributed by atoms with Crippen molar-refractivity contribution in [3.63, 3.8) is 0 Å². The van der Waals surface area contributed by atoms with E-state index in [1.807, 2.05) is 24.3 Å². The summed E-state index contributed by atoms with van der Waals surface area (Å²) in [6, 6.07) is 20.8. The molecule has 0 atom stereocenters. The molecule has 3 aromatic carbocycles. The first kappa shape index (κ1) is 23.9. The summed E-state index contributed by atoms with van der Waals surface area (Å²) in [5, 5.41) is 2.32. The SMILES string of the molecule is COC(=O)/C=C/c1cccc(S(=O)(=O)N2CCN(CCOc3ccc4ccccc4c3)CC2)c1. The third-order valence-corrected chi connectivity index (χ3v) is 7.73. The van der Waals surface area contributed by atoms with Gasteiger partial charge in [0.2, 0.25) is 10.0 Å². The number of fused-ring (bicyclic) bond motifs is 1. The van der Waals surface area contributed by atoms with Crippen LogP contribution >= 0.6 is 0 Å². The van der Waals surface area contributed by atoms with Crippen molar-refractivity contribution in [2.45, 2.75) is 4.90 Å². The Kier molecular flexibility index (Phi) is 7.62. The molecule has 178 valence electrons. The molecule has 1 saturated heterocycles. The van der Waals surface area contributed by atoms with Crippen molar-refractivity contribution in [3.05, 3.63) is 78.4 Å². The van der Waals surface area contributed by atoms with Gasteiger partial charge < -0.3 is 9.47 Å². The van der Waals surface area contributed by atoms with E-state index in [1.54, 1.807) is 30.3 Å². The molecule has 8 heteroatoms. The fraction of sp³-hybridized carbons (Fsp3) is 0.269. The standard InChI is InChI=1S/C26H28N2O5S/c1-32-26(29)12-9-21-5-4-8-25(19-21)34(30,31)28-15-13-27(14-16-28)17-18-33-24-11-10-22-6-2-3-7-23(22)20-24/h2-12,19-20H,13-18H2,1H3/b12-9+. The van der Waals surface area contributed by atoms with Crippen LogP contribution < -0.4 is 4.74 Å². The van der Waals surface area contributed by atoms with Gasteiger partial charge in [-0.15, -0.1) is 0 Å². The van der Waals surface area contributed by atoms with Gasteiger partial charge in [0.1, 0.15) is 12.4 Å². The fourth-order valence-corrected chi connectivity index (χ4v) is 5.38. The molecule has 3 aromatic rings. The summed E-state index contributed by atoms with van der Waals surface area (Å²) in [4.78, 5) is 13.7. The van der Waals surface area contributed by atoms with Crippen LogP contribution in [0.2, 0.25) is 0 Å². The number of benzene rings is 3. The molecule has 0 aromatic heterocycles. The van der Waals surface area contributed by atoms with Crippen LogP contribution in [-0.4, -0.2) is 70.0 Å². The number of hydrogen-bond donors (Lipinski definition) is 0. The van der Waals surface area contributed by atoms with Crippen molar-refractivity contribution in [3.8, 4) is 5.75 Å². The van der Waals surface area contributed by atoms with Crippen molar-refractivity contribution >= 4 is 32.8 Å². The number of esters is 1. The van der Waals surface area contributed by atoms with E-state index in [0.29, 0.717) is 38.3 Å². The molecule has 0 bridgehead atoms. The minimum atomic E-state index is -3.61. The number of carbonyl (C=O) groups is 1. The summed E-state index contributed by atoms with van der Waals surface area (Å²) < 4.78 is 38.2. The van der Waals surface area contributed by atoms with Crippen molar-refractivity contribution in [2.75, 3.05) is 46.4 Å². The maximum atomic E-state index is 13.1. The van der Waals surface area contributed by atoms with E-state index in [9.17, 15) is 13.2 Å². The molecule has 1 aliphatic heterocycles. The molecular formula is C26H28N2O5S. The number of hydrogen-bond acceptors (Lipinski definition) is 6. The Balaban J connectivity index is 1.29. The minimum Gasteiger partial charge on any atom is -0.492 e. The number of nitrogens with zero attached hydrogens (tertiary/aromatic N) is 2. The van der Waals surface area contributed by atoms with Crippen molar-refractivity contribution in [1.29, 1.82) is 0 Å². The van der Waals surface area contributed by atoms with E-state index in [0.717, 1.165) is 17.7 Å². The lowest BCUT2D eigenvalue weighted by Crippen LogP contribution is -2.49. The second-order valence-corrected chi connectivity index (χ2v) is 9.97.